The van der Waals surface area contributed by atoms with Crippen molar-refractivity contribution in [1.82, 2.24) is 14.1 Å². The molecule has 2 aromatic rings. The maximum Gasteiger partial charge on any atom is 0.321 e. The zero-order chi connectivity index (χ0) is 26.0. The molecule has 2 atom stereocenters. The molecule has 0 radical (unpaired) electrons. The van der Waals surface area contributed by atoms with Gasteiger partial charge in [-0.3, -0.25) is 14.4 Å². The van der Waals surface area contributed by atoms with Crippen LogP contribution in [0.1, 0.15) is 32.6 Å². The molecule has 0 bridgehead atoms. The Morgan fingerprint density at radius 1 is 1.08 bits per heavy atom. The second-order valence-electron chi connectivity index (χ2n) is 9.18. The van der Waals surface area contributed by atoms with E-state index in [1.165, 1.54) is 17.0 Å². The normalized spacial score (nSPS) is 19.7. The van der Waals surface area contributed by atoms with Crippen molar-refractivity contribution in [2.24, 2.45) is 0 Å². The number of likely N-dealkylation sites (tertiary alicyclic amines) is 2. The molecule has 11 heteroatoms. The van der Waals surface area contributed by atoms with Crippen LogP contribution in [0.5, 0.6) is 0 Å². The van der Waals surface area contributed by atoms with E-state index < -0.39 is 40.5 Å². The summed E-state index contributed by atoms with van der Waals surface area (Å²) in [5.41, 5.74) is 0. The fraction of sp³-hybridized carbons (Fsp3) is 0.480. The Bertz CT molecular complexity index is 1280. The smallest absolute Gasteiger partial charge is 0.321 e. The number of carbonyl (C=O) groups is 3. The Hall–Kier alpha value is -2.69. The number of piperidine rings is 1. The molecular formula is C25H30ClN3O6S. The monoisotopic (exact) mass is 535 g/mol. The van der Waals surface area contributed by atoms with E-state index in [1.807, 2.05) is 0 Å². The van der Waals surface area contributed by atoms with Crippen molar-refractivity contribution < 1.29 is 27.5 Å². The Morgan fingerprint density at radius 3 is 2.44 bits per heavy atom. The third kappa shape index (κ3) is 5.21. The molecule has 2 heterocycles. The number of halogens is 1. The number of methoxy groups -OCH3 is 1. The molecule has 2 amide bonds. The van der Waals surface area contributed by atoms with E-state index in [9.17, 15) is 22.8 Å². The molecule has 2 aliphatic heterocycles. The largest absolute Gasteiger partial charge is 0.468 e. The van der Waals surface area contributed by atoms with Gasteiger partial charge in [0.05, 0.1) is 12.0 Å². The van der Waals surface area contributed by atoms with Crippen LogP contribution in [0.2, 0.25) is 5.02 Å². The summed E-state index contributed by atoms with van der Waals surface area (Å²) in [7, 11) is -3.10. The molecule has 0 unspecified atom stereocenters. The Labute approximate surface area is 216 Å². The van der Waals surface area contributed by atoms with E-state index in [4.69, 9.17) is 16.3 Å². The highest BCUT2D eigenvalue weighted by atomic mass is 35.5. The summed E-state index contributed by atoms with van der Waals surface area (Å²) in [5.74, 6) is -1.41. The number of rotatable bonds is 7. The third-order valence-corrected chi connectivity index (χ3v) is 9.03. The molecule has 9 nitrogen and oxygen atoms in total. The maximum atomic E-state index is 13.7. The van der Waals surface area contributed by atoms with Crippen molar-refractivity contribution in [1.29, 1.82) is 0 Å². The van der Waals surface area contributed by atoms with Crippen molar-refractivity contribution >= 4 is 50.2 Å². The average Bonchev–Trinajstić information content (AvgIpc) is 3.26. The fourth-order valence-corrected chi connectivity index (χ4v) is 6.67. The number of esters is 1. The first kappa shape index (κ1) is 26.4. The number of hydrogen-bond donors (Lipinski definition) is 0. The van der Waals surface area contributed by atoms with Crippen LogP contribution in [-0.4, -0.2) is 85.7 Å². The van der Waals surface area contributed by atoms with E-state index in [0.717, 1.165) is 36.1 Å². The Balaban J connectivity index is 1.62. The minimum Gasteiger partial charge on any atom is -0.468 e. The van der Waals surface area contributed by atoms with Gasteiger partial charge in [0.2, 0.25) is 21.8 Å². The summed E-state index contributed by atoms with van der Waals surface area (Å²) in [5, 5.41) is 1.93. The lowest BCUT2D eigenvalue weighted by molar-refractivity contribution is -0.145. The van der Waals surface area contributed by atoms with Gasteiger partial charge in [-0.1, -0.05) is 23.7 Å². The molecular weight excluding hydrogens is 506 g/mol. The SMILES string of the molecule is COC(=O)CN([C@@H]1CCN([C@@H](C)C(=O)N2CCCCC2)C1=O)S(=O)(=O)c1ccc2cc(Cl)ccc2c1. The van der Waals surface area contributed by atoms with Gasteiger partial charge in [-0.05, 0) is 67.6 Å². The minimum atomic E-state index is -4.26. The summed E-state index contributed by atoms with van der Waals surface area (Å²) in [4.78, 5) is 41.8. The predicted octanol–water partition coefficient (Wildman–Crippen LogP) is 2.66. The van der Waals surface area contributed by atoms with Gasteiger partial charge in [-0.2, -0.15) is 4.31 Å². The number of sulfonamides is 1. The van der Waals surface area contributed by atoms with Gasteiger partial charge in [0, 0.05) is 24.7 Å². The highest BCUT2D eigenvalue weighted by Crippen LogP contribution is 2.29. The van der Waals surface area contributed by atoms with E-state index in [1.54, 1.807) is 36.1 Å². The summed E-state index contributed by atoms with van der Waals surface area (Å²) in [6.45, 7) is 2.59. The summed E-state index contributed by atoms with van der Waals surface area (Å²) in [6, 6.07) is 7.80. The molecule has 2 fully saturated rings. The van der Waals surface area contributed by atoms with Gasteiger partial charge >= 0.3 is 5.97 Å². The van der Waals surface area contributed by atoms with Gasteiger partial charge in [0.1, 0.15) is 18.6 Å². The standard InChI is InChI=1S/C25H30ClN3O6S/c1-17(24(31)27-11-4-3-5-12-27)28-13-10-22(25(28)32)29(16-23(30)35-2)36(33,34)21-9-7-18-14-20(26)8-6-19(18)15-21/h6-9,14-15,17,22H,3-5,10-13,16H2,1-2H3/t17-,22+/m0/s1. The van der Waals surface area contributed by atoms with E-state index in [2.05, 4.69) is 0 Å². The van der Waals surface area contributed by atoms with Crippen molar-refractivity contribution in [3.8, 4) is 0 Å². The zero-order valence-electron chi connectivity index (χ0n) is 20.4. The predicted molar refractivity (Wildman–Crippen MR) is 135 cm³/mol. The lowest BCUT2D eigenvalue weighted by atomic mass is 10.1. The van der Waals surface area contributed by atoms with Crippen LogP contribution in [0.15, 0.2) is 41.3 Å². The number of carbonyl (C=O) groups excluding carboxylic acids is 3. The van der Waals surface area contributed by atoms with Gasteiger partial charge < -0.3 is 14.5 Å². The average molecular weight is 536 g/mol. The van der Waals surface area contributed by atoms with Crippen LogP contribution in [0.3, 0.4) is 0 Å². The first-order valence-corrected chi connectivity index (χ1v) is 13.8. The van der Waals surface area contributed by atoms with Crippen LogP contribution in [-0.2, 0) is 29.1 Å². The van der Waals surface area contributed by atoms with Gasteiger partial charge in [0.15, 0.2) is 0 Å². The third-order valence-electron chi connectivity index (χ3n) is 6.94. The lowest BCUT2D eigenvalue weighted by Gasteiger charge is -2.33. The molecule has 0 saturated carbocycles. The highest BCUT2D eigenvalue weighted by Gasteiger charge is 2.45. The summed E-state index contributed by atoms with van der Waals surface area (Å²) < 4.78 is 33.1. The molecule has 0 aliphatic carbocycles. The maximum absolute atomic E-state index is 13.7. The molecule has 4 rings (SSSR count). The van der Waals surface area contributed by atoms with Crippen molar-refractivity contribution in [3.05, 3.63) is 41.4 Å². The van der Waals surface area contributed by atoms with Crippen molar-refractivity contribution in [2.45, 2.75) is 49.6 Å². The molecule has 194 valence electrons. The molecule has 2 aromatic carbocycles. The van der Waals surface area contributed by atoms with E-state index in [0.29, 0.717) is 23.5 Å². The highest BCUT2D eigenvalue weighted by molar-refractivity contribution is 7.89. The second-order valence-corrected chi connectivity index (χ2v) is 11.5. The van der Waals surface area contributed by atoms with Gasteiger partial charge in [0.25, 0.3) is 0 Å². The molecule has 0 spiro atoms. The van der Waals surface area contributed by atoms with Crippen LogP contribution >= 0.6 is 11.6 Å². The molecule has 36 heavy (non-hydrogen) atoms. The number of ether oxygens (including phenoxy) is 1. The number of hydrogen-bond acceptors (Lipinski definition) is 6. The Kier molecular flexibility index (Phi) is 7.87. The minimum absolute atomic E-state index is 0.0510. The lowest BCUT2D eigenvalue weighted by Crippen LogP contribution is -2.52. The van der Waals surface area contributed by atoms with Crippen LogP contribution in [0.25, 0.3) is 10.8 Å². The molecule has 0 aromatic heterocycles. The Morgan fingerprint density at radius 2 is 1.75 bits per heavy atom. The number of benzene rings is 2. The van der Waals surface area contributed by atoms with Crippen molar-refractivity contribution in [2.75, 3.05) is 33.3 Å². The molecule has 2 aliphatic rings. The zero-order valence-corrected chi connectivity index (χ0v) is 21.9. The van der Waals surface area contributed by atoms with E-state index >= 15 is 0 Å². The number of fused-ring (bicyclic) bond motifs is 1. The first-order valence-electron chi connectivity index (χ1n) is 12.0. The van der Waals surface area contributed by atoms with Gasteiger partial charge in [-0.15, -0.1) is 0 Å². The number of amides is 2. The van der Waals surface area contributed by atoms with Gasteiger partial charge in [-0.25, -0.2) is 8.42 Å². The van der Waals surface area contributed by atoms with Crippen molar-refractivity contribution in [3.63, 3.8) is 0 Å². The van der Waals surface area contributed by atoms with E-state index in [-0.39, 0.29) is 23.8 Å². The molecule has 0 N–H and O–H groups in total. The number of nitrogens with zero attached hydrogens (tertiary/aromatic N) is 3. The first-order chi connectivity index (χ1) is 17.1. The summed E-state index contributed by atoms with van der Waals surface area (Å²) >= 11 is 6.04. The second kappa shape index (κ2) is 10.7. The van der Waals surface area contributed by atoms with Crippen LogP contribution in [0.4, 0.5) is 0 Å². The fourth-order valence-electron chi connectivity index (χ4n) is 4.89. The topological polar surface area (TPSA) is 104 Å². The quantitative estimate of drug-likeness (QED) is 0.505. The van der Waals surface area contributed by atoms with Crippen LogP contribution < -0.4 is 0 Å². The van der Waals surface area contributed by atoms with Crippen LogP contribution in [0, 0.1) is 0 Å². The molecule has 2 saturated heterocycles. The summed E-state index contributed by atoms with van der Waals surface area (Å²) in [6.07, 6.45) is 3.09.